The summed E-state index contributed by atoms with van der Waals surface area (Å²) < 4.78 is 5.81. The molecule has 3 rings (SSSR count). The highest BCUT2D eigenvalue weighted by molar-refractivity contribution is 6.00. The molecular weight excluding hydrogens is 350 g/mol. The number of fused-ring (bicyclic) bond motifs is 1. The van der Waals surface area contributed by atoms with E-state index in [1.807, 2.05) is 37.3 Å². The number of hydrogen-bond acceptors (Lipinski definition) is 5. The topological polar surface area (TPSA) is 109 Å². The summed E-state index contributed by atoms with van der Waals surface area (Å²) in [6.07, 6.45) is 2.05. The Morgan fingerprint density at radius 2 is 1.93 bits per heavy atom. The molecule has 1 aromatic rings. The maximum Gasteiger partial charge on any atom is 0.190 e. The van der Waals surface area contributed by atoms with Gasteiger partial charge in [-0.05, 0) is 31.6 Å². The zero-order valence-electron chi connectivity index (χ0n) is 16.2. The van der Waals surface area contributed by atoms with Crippen LogP contribution >= 0.6 is 0 Å². The molecule has 4 atom stereocenters. The number of hydrogen-bond donors (Lipinski definition) is 2. The Bertz CT molecular complexity index is 915. The number of likely N-dealkylation sites (N-methyl/N-ethyl adjacent to an activating group) is 1. The fourth-order valence-corrected chi connectivity index (χ4v) is 4.62. The number of quaternary nitrogens is 1. The van der Waals surface area contributed by atoms with Gasteiger partial charge in [-0.2, -0.15) is 15.8 Å². The number of ether oxygens (including phenoxy) is 1. The Labute approximate surface area is 165 Å². The van der Waals surface area contributed by atoms with Crippen LogP contribution in [0.2, 0.25) is 0 Å². The molecule has 2 unspecified atom stereocenters. The van der Waals surface area contributed by atoms with Gasteiger partial charge >= 0.3 is 0 Å². The van der Waals surface area contributed by atoms with Gasteiger partial charge in [0.05, 0.1) is 50.2 Å². The molecule has 0 spiro atoms. The third-order valence-corrected chi connectivity index (χ3v) is 6.01. The van der Waals surface area contributed by atoms with E-state index in [4.69, 9.17) is 10.1 Å². The predicted molar refractivity (Wildman–Crippen MR) is 104 cm³/mol. The molecule has 142 valence electrons. The van der Waals surface area contributed by atoms with Crippen molar-refractivity contribution in [3.05, 3.63) is 41.5 Å². The lowest BCUT2D eigenvalue weighted by Crippen LogP contribution is -3.13. The first kappa shape index (κ1) is 19.6. The predicted octanol–water partition coefficient (Wildman–Crippen LogP) is 1.84. The zero-order valence-corrected chi connectivity index (χ0v) is 16.2. The van der Waals surface area contributed by atoms with Crippen LogP contribution in [0.1, 0.15) is 25.3 Å². The Morgan fingerprint density at radius 1 is 1.21 bits per heavy atom. The molecular formula is C22H24N5O+. The molecule has 2 N–H and O–H groups in total. The van der Waals surface area contributed by atoms with Crippen LogP contribution in [0.4, 0.5) is 0 Å². The minimum absolute atomic E-state index is 0.112. The van der Waals surface area contributed by atoms with Crippen molar-refractivity contribution >= 4 is 5.71 Å². The second-order valence-corrected chi connectivity index (χ2v) is 7.28. The summed E-state index contributed by atoms with van der Waals surface area (Å²) in [6, 6.07) is 13.9. The SMILES string of the molecule is CCOc1ccccc1[C@H]1[C@@H]2C[NH+](CC)CC=C2C(C#N)C(=N)C1(C#N)C#N. The molecule has 6 nitrogen and oxygen atoms in total. The monoisotopic (exact) mass is 374 g/mol. The van der Waals surface area contributed by atoms with Gasteiger partial charge < -0.3 is 15.0 Å². The third kappa shape index (κ3) is 2.85. The first-order valence-electron chi connectivity index (χ1n) is 9.64. The average molecular weight is 374 g/mol. The third-order valence-electron chi connectivity index (χ3n) is 6.01. The molecule has 1 aliphatic carbocycles. The quantitative estimate of drug-likeness (QED) is 0.784. The number of nitrogens with one attached hydrogen (secondary N) is 2. The van der Waals surface area contributed by atoms with Gasteiger partial charge in [0.15, 0.2) is 5.41 Å². The standard InChI is InChI=1S/C22H23N5O/c1-3-27-10-9-15-17(11-23)21(26)22(13-24,14-25)20(18(15)12-27)16-7-5-6-8-19(16)28-4-2/h5-9,17-18,20,26H,3-4,10,12H2,1-2H3/p+1/t17?,18-,20+/m1/s1. The van der Waals surface area contributed by atoms with Gasteiger partial charge in [0.1, 0.15) is 11.7 Å². The number of para-hydroxylation sites is 1. The van der Waals surface area contributed by atoms with Gasteiger partial charge in [-0.15, -0.1) is 0 Å². The highest BCUT2D eigenvalue weighted by Crippen LogP contribution is 2.54. The Balaban J connectivity index is 2.27. The van der Waals surface area contributed by atoms with Crippen molar-refractivity contribution in [1.82, 2.24) is 0 Å². The summed E-state index contributed by atoms with van der Waals surface area (Å²) >= 11 is 0. The van der Waals surface area contributed by atoms with Crippen LogP contribution in [0, 0.1) is 56.7 Å². The van der Waals surface area contributed by atoms with Gasteiger partial charge in [-0.25, -0.2) is 0 Å². The number of rotatable bonds is 4. The Morgan fingerprint density at radius 3 is 2.54 bits per heavy atom. The first-order chi connectivity index (χ1) is 13.6. The van der Waals surface area contributed by atoms with Crippen LogP contribution in [0.25, 0.3) is 0 Å². The van der Waals surface area contributed by atoms with E-state index in [0.29, 0.717) is 12.4 Å². The molecule has 1 saturated carbocycles. The highest BCUT2D eigenvalue weighted by Gasteiger charge is 2.59. The molecule has 0 radical (unpaired) electrons. The van der Waals surface area contributed by atoms with Crippen LogP contribution in [-0.2, 0) is 0 Å². The van der Waals surface area contributed by atoms with Crippen molar-refractivity contribution in [2.45, 2.75) is 19.8 Å². The van der Waals surface area contributed by atoms with Gasteiger partial charge in [0.25, 0.3) is 0 Å². The van der Waals surface area contributed by atoms with E-state index in [-0.39, 0.29) is 11.6 Å². The molecule has 0 bridgehead atoms. The fraction of sp³-hybridized carbons (Fsp3) is 0.455. The average Bonchev–Trinajstić information content (AvgIpc) is 2.73. The molecule has 1 heterocycles. The lowest BCUT2D eigenvalue weighted by molar-refractivity contribution is -0.897. The molecule has 0 amide bonds. The minimum Gasteiger partial charge on any atom is -0.494 e. The number of nitrogens with zero attached hydrogens (tertiary/aromatic N) is 3. The van der Waals surface area contributed by atoms with E-state index in [1.165, 1.54) is 4.90 Å². The molecule has 6 heteroatoms. The summed E-state index contributed by atoms with van der Waals surface area (Å²) in [5.74, 6) is -0.895. The highest BCUT2D eigenvalue weighted by atomic mass is 16.5. The second-order valence-electron chi connectivity index (χ2n) is 7.28. The lowest BCUT2D eigenvalue weighted by atomic mass is 9.54. The Hall–Kier alpha value is -3.14. The van der Waals surface area contributed by atoms with Crippen LogP contribution in [0.5, 0.6) is 5.75 Å². The first-order valence-corrected chi connectivity index (χ1v) is 9.64. The number of nitriles is 3. The van der Waals surface area contributed by atoms with Crippen LogP contribution in [0.3, 0.4) is 0 Å². The lowest BCUT2D eigenvalue weighted by Gasteiger charge is -2.46. The summed E-state index contributed by atoms with van der Waals surface area (Å²) in [5, 5.41) is 38.6. The summed E-state index contributed by atoms with van der Waals surface area (Å²) in [6.45, 7) is 6.90. The van der Waals surface area contributed by atoms with Crippen molar-refractivity contribution in [1.29, 1.82) is 21.2 Å². The Kier molecular flexibility index (Phi) is 5.50. The van der Waals surface area contributed by atoms with Crippen molar-refractivity contribution < 1.29 is 9.64 Å². The summed E-state index contributed by atoms with van der Waals surface area (Å²) in [4.78, 5) is 1.34. The maximum atomic E-state index is 10.1. The minimum atomic E-state index is -1.69. The van der Waals surface area contributed by atoms with Crippen LogP contribution < -0.4 is 9.64 Å². The van der Waals surface area contributed by atoms with Crippen LogP contribution in [0.15, 0.2) is 35.9 Å². The van der Waals surface area contributed by atoms with E-state index >= 15 is 0 Å². The van der Waals surface area contributed by atoms with E-state index in [0.717, 1.165) is 30.8 Å². The van der Waals surface area contributed by atoms with E-state index in [9.17, 15) is 15.8 Å². The largest absolute Gasteiger partial charge is 0.494 e. The molecule has 1 aliphatic heterocycles. The van der Waals surface area contributed by atoms with Crippen molar-refractivity contribution in [2.75, 3.05) is 26.2 Å². The summed E-state index contributed by atoms with van der Waals surface area (Å²) in [5.41, 5.74) is -0.158. The van der Waals surface area contributed by atoms with Crippen molar-refractivity contribution in [3.8, 4) is 24.0 Å². The molecule has 0 saturated heterocycles. The molecule has 2 aliphatic rings. The molecule has 1 fully saturated rings. The van der Waals surface area contributed by atoms with Gasteiger partial charge in [0.2, 0.25) is 0 Å². The normalized spacial score (nSPS) is 28.1. The smallest absolute Gasteiger partial charge is 0.190 e. The fourth-order valence-electron chi connectivity index (χ4n) is 4.62. The molecule has 28 heavy (non-hydrogen) atoms. The summed E-state index contributed by atoms with van der Waals surface area (Å²) in [7, 11) is 0. The maximum absolute atomic E-state index is 10.1. The van der Waals surface area contributed by atoms with Gasteiger partial charge in [0, 0.05) is 17.4 Å². The molecule has 0 aromatic heterocycles. The van der Waals surface area contributed by atoms with Gasteiger partial charge in [-0.3, -0.25) is 0 Å². The van der Waals surface area contributed by atoms with Gasteiger partial charge in [-0.1, -0.05) is 18.2 Å². The van der Waals surface area contributed by atoms with E-state index in [1.54, 1.807) is 0 Å². The zero-order chi connectivity index (χ0) is 20.3. The number of benzene rings is 1. The van der Waals surface area contributed by atoms with E-state index < -0.39 is 17.3 Å². The second kappa shape index (κ2) is 7.85. The van der Waals surface area contributed by atoms with E-state index in [2.05, 4.69) is 25.1 Å². The molecule has 1 aromatic carbocycles. The van der Waals surface area contributed by atoms with Crippen molar-refractivity contribution in [2.24, 2.45) is 17.3 Å². The van der Waals surface area contributed by atoms with Crippen LogP contribution in [-0.4, -0.2) is 32.0 Å². The van der Waals surface area contributed by atoms with Crippen molar-refractivity contribution in [3.63, 3.8) is 0 Å².